The molecule has 6 nitrogen and oxygen atoms in total. The van der Waals surface area contributed by atoms with E-state index < -0.39 is 0 Å². The van der Waals surface area contributed by atoms with Gasteiger partial charge in [-0.3, -0.25) is 0 Å². The van der Waals surface area contributed by atoms with Crippen molar-refractivity contribution in [1.82, 2.24) is 15.0 Å². The molecule has 1 saturated heterocycles. The van der Waals surface area contributed by atoms with Gasteiger partial charge in [0.25, 0.3) is 0 Å². The lowest BCUT2D eigenvalue weighted by atomic mass is 10.3. The minimum atomic E-state index is 0.544. The van der Waals surface area contributed by atoms with E-state index >= 15 is 0 Å². The summed E-state index contributed by atoms with van der Waals surface area (Å²) in [5.74, 6) is 3.03. The average Bonchev–Trinajstić information content (AvgIpc) is 3.02. The highest BCUT2D eigenvalue weighted by Crippen LogP contribution is 2.35. The summed E-state index contributed by atoms with van der Waals surface area (Å²) in [7, 11) is 0. The van der Waals surface area contributed by atoms with Crippen LogP contribution in [0.4, 0.5) is 17.8 Å². The molecule has 116 valence electrons. The molecule has 1 aliphatic heterocycles. The first-order valence-corrected chi connectivity index (χ1v) is 8.31. The normalized spacial score (nSPS) is 24.2. The number of hydrogen-bond donors (Lipinski definition) is 2. The second-order valence-electron chi connectivity index (χ2n) is 6.06. The second kappa shape index (κ2) is 6.45. The largest absolute Gasteiger partial charge is 0.354 e. The van der Waals surface area contributed by atoms with E-state index in [1.54, 1.807) is 0 Å². The summed E-state index contributed by atoms with van der Waals surface area (Å²) in [6.45, 7) is 7.38. The van der Waals surface area contributed by atoms with E-state index in [9.17, 15) is 0 Å². The maximum Gasteiger partial charge on any atom is 0.231 e. The minimum Gasteiger partial charge on any atom is -0.354 e. The van der Waals surface area contributed by atoms with Crippen LogP contribution < -0.4 is 15.5 Å². The summed E-state index contributed by atoms with van der Waals surface area (Å²) in [4.78, 5) is 16.0. The zero-order valence-electron chi connectivity index (χ0n) is 13.1. The zero-order chi connectivity index (χ0) is 14.7. The van der Waals surface area contributed by atoms with Crippen LogP contribution in [0.25, 0.3) is 0 Å². The van der Waals surface area contributed by atoms with Gasteiger partial charge >= 0.3 is 0 Å². The Morgan fingerprint density at radius 3 is 2.52 bits per heavy atom. The fraction of sp³-hybridized carbons (Fsp3) is 0.800. The van der Waals surface area contributed by atoms with Gasteiger partial charge in [-0.15, -0.1) is 0 Å². The van der Waals surface area contributed by atoms with Crippen molar-refractivity contribution in [1.29, 1.82) is 0 Å². The number of nitrogens with one attached hydrogen (secondary N) is 2. The molecule has 2 unspecified atom stereocenters. The molecule has 3 rings (SSSR count). The van der Waals surface area contributed by atoms with E-state index in [0.717, 1.165) is 43.9 Å². The summed E-state index contributed by atoms with van der Waals surface area (Å²) < 4.78 is 0. The first-order chi connectivity index (χ1) is 10.3. The van der Waals surface area contributed by atoms with Gasteiger partial charge < -0.3 is 15.5 Å². The Morgan fingerprint density at radius 1 is 1.10 bits per heavy atom. The molecule has 0 spiro atoms. The van der Waals surface area contributed by atoms with Crippen LogP contribution in [-0.2, 0) is 0 Å². The topological polar surface area (TPSA) is 66.0 Å². The Bertz CT molecular complexity index is 471. The molecule has 1 aromatic rings. The quantitative estimate of drug-likeness (QED) is 0.804. The molecule has 2 N–H and O–H groups in total. The van der Waals surface area contributed by atoms with Crippen molar-refractivity contribution in [3.05, 3.63) is 0 Å². The van der Waals surface area contributed by atoms with Crippen LogP contribution in [0, 0.1) is 5.92 Å². The molecule has 1 aliphatic carbocycles. The standard InChI is InChI=1S/C15H26N6/c1-3-7-16-13-18-14(17-12-10-11(12)4-2)20-15(19-13)21-8-5-6-9-21/h11-12H,3-10H2,1-2H3,(H2,16,17,18,19,20). The van der Waals surface area contributed by atoms with Gasteiger partial charge in [0.05, 0.1) is 0 Å². The van der Waals surface area contributed by atoms with Crippen molar-refractivity contribution in [2.24, 2.45) is 5.92 Å². The predicted molar refractivity (Wildman–Crippen MR) is 85.9 cm³/mol. The number of hydrogen-bond acceptors (Lipinski definition) is 6. The first-order valence-electron chi connectivity index (χ1n) is 8.31. The lowest BCUT2D eigenvalue weighted by Gasteiger charge is -2.17. The number of anilines is 3. The number of nitrogens with zero attached hydrogens (tertiary/aromatic N) is 4. The Hall–Kier alpha value is -1.59. The summed E-state index contributed by atoms with van der Waals surface area (Å²) in [5, 5.41) is 6.76. The van der Waals surface area contributed by atoms with Gasteiger partial charge in [-0.25, -0.2) is 0 Å². The van der Waals surface area contributed by atoms with Gasteiger partial charge in [0.15, 0.2) is 0 Å². The highest BCUT2D eigenvalue weighted by molar-refractivity contribution is 5.45. The third-order valence-corrected chi connectivity index (χ3v) is 4.31. The van der Waals surface area contributed by atoms with Crippen LogP contribution >= 0.6 is 0 Å². The summed E-state index contributed by atoms with van der Waals surface area (Å²) in [6.07, 6.45) is 5.98. The maximum atomic E-state index is 4.62. The molecule has 2 fully saturated rings. The van der Waals surface area contributed by atoms with Crippen LogP contribution in [0.2, 0.25) is 0 Å². The van der Waals surface area contributed by atoms with E-state index in [-0.39, 0.29) is 0 Å². The number of aromatic nitrogens is 3. The molecule has 0 aromatic carbocycles. The third kappa shape index (κ3) is 3.54. The lowest BCUT2D eigenvalue weighted by molar-refractivity contribution is 0.769. The predicted octanol–water partition coefficient (Wildman–Crippen LogP) is 2.50. The van der Waals surface area contributed by atoms with Crippen LogP contribution in [0.5, 0.6) is 0 Å². The Balaban J connectivity index is 1.75. The summed E-state index contributed by atoms with van der Waals surface area (Å²) >= 11 is 0. The van der Waals surface area contributed by atoms with Crippen LogP contribution in [-0.4, -0.2) is 40.6 Å². The Morgan fingerprint density at radius 2 is 1.86 bits per heavy atom. The van der Waals surface area contributed by atoms with Crippen molar-refractivity contribution >= 4 is 17.8 Å². The van der Waals surface area contributed by atoms with Crippen molar-refractivity contribution in [2.75, 3.05) is 35.2 Å². The molecule has 0 bridgehead atoms. The molecule has 2 atom stereocenters. The molecular formula is C15H26N6. The van der Waals surface area contributed by atoms with Gasteiger partial charge in [0.1, 0.15) is 0 Å². The van der Waals surface area contributed by atoms with E-state index in [4.69, 9.17) is 0 Å². The fourth-order valence-corrected chi connectivity index (χ4v) is 2.85. The molecule has 21 heavy (non-hydrogen) atoms. The van der Waals surface area contributed by atoms with Gasteiger partial charge in [0, 0.05) is 25.7 Å². The van der Waals surface area contributed by atoms with E-state index in [0.29, 0.717) is 12.0 Å². The molecule has 2 heterocycles. The SMILES string of the molecule is CCCNc1nc(NC2CC2CC)nc(N2CCCC2)n1. The van der Waals surface area contributed by atoms with Crippen LogP contribution in [0.1, 0.15) is 46.0 Å². The van der Waals surface area contributed by atoms with Gasteiger partial charge in [-0.05, 0) is 31.6 Å². The Kier molecular flexibility index (Phi) is 4.41. The highest BCUT2D eigenvalue weighted by atomic mass is 15.3. The molecule has 1 aromatic heterocycles. The summed E-state index contributed by atoms with van der Waals surface area (Å²) in [5.41, 5.74) is 0. The second-order valence-corrected chi connectivity index (χ2v) is 6.06. The van der Waals surface area contributed by atoms with Crippen molar-refractivity contribution in [2.45, 2.75) is 52.0 Å². The first kappa shape index (κ1) is 14.4. The van der Waals surface area contributed by atoms with Crippen LogP contribution in [0.15, 0.2) is 0 Å². The van der Waals surface area contributed by atoms with E-state index in [1.807, 2.05) is 0 Å². The summed E-state index contributed by atoms with van der Waals surface area (Å²) in [6, 6.07) is 0.544. The van der Waals surface area contributed by atoms with Gasteiger partial charge in [-0.2, -0.15) is 15.0 Å². The highest BCUT2D eigenvalue weighted by Gasteiger charge is 2.36. The fourth-order valence-electron chi connectivity index (χ4n) is 2.85. The van der Waals surface area contributed by atoms with E-state index in [2.05, 4.69) is 44.3 Å². The molecule has 6 heteroatoms. The molecule has 1 saturated carbocycles. The van der Waals surface area contributed by atoms with Crippen molar-refractivity contribution in [3.63, 3.8) is 0 Å². The van der Waals surface area contributed by atoms with Gasteiger partial charge in [-0.1, -0.05) is 20.3 Å². The number of rotatable bonds is 7. The Labute approximate surface area is 126 Å². The average molecular weight is 290 g/mol. The lowest BCUT2D eigenvalue weighted by Crippen LogP contribution is -2.23. The third-order valence-electron chi connectivity index (χ3n) is 4.31. The molecular weight excluding hydrogens is 264 g/mol. The molecule has 2 aliphatic rings. The van der Waals surface area contributed by atoms with Crippen molar-refractivity contribution < 1.29 is 0 Å². The minimum absolute atomic E-state index is 0.544. The smallest absolute Gasteiger partial charge is 0.231 e. The monoisotopic (exact) mass is 290 g/mol. The van der Waals surface area contributed by atoms with Crippen molar-refractivity contribution in [3.8, 4) is 0 Å². The maximum absolute atomic E-state index is 4.62. The molecule has 0 radical (unpaired) electrons. The molecule has 0 amide bonds. The zero-order valence-corrected chi connectivity index (χ0v) is 13.1. The van der Waals surface area contributed by atoms with E-state index in [1.165, 1.54) is 25.7 Å². The van der Waals surface area contributed by atoms with Gasteiger partial charge in [0.2, 0.25) is 17.8 Å². The van der Waals surface area contributed by atoms with Crippen LogP contribution in [0.3, 0.4) is 0 Å².